The van der Waals surface area contributed by atoms with Gasteiger partial charge in [-0.1, -0.05) is 13.8 Å². The second kappa shape index (κ2) is 7.44. The van der Waals surface area contributed by atoms with Crippen molar-refractivity contribution in [3.05, 3.63) is 18.2 Å². The second-order valence-corrected chi connectivity index (χ2v) is 4.37. The SMILES string of the molecule is CCCNC(CC)CCCn1ccnc1C. The lowest BCUT2D eigenvalue weighted by Gasteiger charge is -2.16. The molecule has 0 radical (unpaired) electrons. The summed E-state index contributed by atoms with van der Waals surface area (Å²) in [6.45, 7) is 8.77. The van der Waals surface area contributed by atoms with Crippen LogP contribution in [-0.2, 0) is 6.54 Å². The first-order valence-electron chi connectivity index (χ1n) is 6.49. The summed E-state index contributed by atoms with van der Waals surface area (Å²) in [5, 5.41) is 3.59. The van der Waals surface area contributed by atoms with Crippen LogP contribution in [0.15, 0.2) is 12.4 Å². The normalized spacial score (nSPS) is 12.9. The van der Waals surface area contributed by atoms with E-state index >= 15 is 0 Å². The lowest BCUT2D eigenvalue weighted by molar-refractivity contribution is 0.438. The Kier molecular flexibility index (Phi) is 6.16. The quantitative estimate of drug-likeness (QED) is 0.734. The van der Waals surface area contributed by atoms with Crippen LogP contribution in [0.4, 0.5) is 0 Å². The third-order valence-corrected chi connectivity index (χ3v) is 3.05. The number of imidazole rings is 1. The Morgan fingerprint density at radius 3 is 2.81 bits per heavy atom. The molecule has 0 aromatic carbocycles. The standard InChI is InChI=1S/C13H25N3/c1-4-8-15-13(5-2)7-6-10-16-11-9-14-12(16)3/h9,11,13,15H,4-8,10H2,1-3H3. The Balaban J connectivity index is 2.20. The Bertz CT molecular complexity index is 280. The summed E-state index contributed by atoms with van der Waals surface area (Å²) in [5.41, 5.74) is 0. The van der Waals surface area contributed by atoms with Crippen LogP contribution in [0.2, 0.25) is 0 Å². The third-order valence-electron chi connectivity index (χ3n) is 3.05. The highest BCUT2D eigenvalue weighted by Crippen LogP contribution is 2.05. The molecule has 1 rings (SSSR count). The van der Waals surface area contributed by atoms with Crippen LogP contribution in [-0.4, -0.2) is 22.1 Å². The maximum absolute atomic E-state index is 4.23. The van der Waals surface area contributed by atoms with E-state index in [2.05, 4.69) is 41.8 Å². The first-order chi connectivity index (χ1) is 7.77. The maximum Gasteiger partial charge on any atom is 0.105 e. The van der Waals surface area contributed by atoms with Crippen molar-refractivity contribution < 1.29 is 0 Å². The van der Waals surface area contributed by atoms with Gasteiger partial charge in [0.1, 0.15) is 5.82 Å². The molecule has 3 nitrogen and oxygen atoms in total. The van der Waals surface area contributed by atoms with E-state index in [1.807, 2.05) is 6.20 Å². The van der Waals surface area contributed by atoms with Crippen molar-refractivity contribution in [2.75, 3.05) is 6.54 Å². The Morgan fingerprint density at radius 1 is 1.44 bits per heavy atom. The molecule has 1 heterocycles. The molecule has 0 amide bonds. The zero-order valence-electron chi connectivity index (χ0n) is 10.9. The topological polar surface area (TPSA) is 29.9 Å². The molecule has 1 aromatic rings. The highest BCUT2D eigenvalue weighted by molar-refractivity contribution is 4.88. The van der Waals surface area contributed by atoms with E-state index in [0.717, 1.165) is 18.9 Å². The lowest BCUT2D eigenvalue weighted by Crippen LogP contribution is -2.29. The summed E-state index contributed by atoms with van der Waals surface area (Å²) < 4.78 is 2.23. The minimum Gasteiger partial charge on any atom is -0.335 e. The molecule has 1 aromatic heterocycles. The predicted molar refractivity (Wildman–Crippen MR) is 68.6 cm³/mol. The zero-order chi connectivity index (χ0) is 11.8. The average Bonchev–Trinajstić information content (AvgIpc) is 2.69. The highest BCUT2D eigenvalue weighted by Gasteiger charge is 2.04. The minimum absolute atomic E-state index is 0.684. The summed E-state index contributed by atoms with van der Waals surface area (Å²) in [6.07, 6.45) is 8.87. The molecule has 3 heteroatoms. The summed E-state index contributed by atoms with van der Waals surface area (Å²) in [6, 6.07) is 0.684. The van der Waals surface area contributed by atoms with E-state index in [-0.39, 0.29) is 0 Å². The molecule has 92 valence electrons. The fourth-order valence-corrected chi connectivity index (χ4v) is 1.95. The van der Waals surface area contributed by atoms with Crippen molar-refractivity contribution in [1.82, 2.24) is 14.9 Å². The van der Waals surface area contributed by atoms with Crippen molar-refractivity contribution in [1.29, 1.82) is 0 Å². The number of aryl methyl sites for hydroxylation is 2. The van der Waals surface area contributed by atoms with Crippen LogP contribution in [0.25, 0.3) is 0 Å². The van der Waals surface area contributed by atoms with Crippen molar-refractivity contribution in [3.8, 4) is 0 Å². The molecular weight excluding hydrogens is 198 g/mol. The van der Waals surface area contributed by atoms with Crippen molar-refractivity contribution in [2.24, 2.45) is 0 Å². The van der Waals surface area contributed by atoms with Gasteiger partial charge in [-0.2, -0.15) is 0 Å². The fraction of sp³-hybridized carbons (Fsp3) is 0.769. The van der Waals surface area contributed by atoms with Gasteiger partial charge in [-0.25, -0.2) is 4.98 Å². The molecule has 0 aliphatic heterocycles. The smallest absolute Gasteiger partial charge is 0.105 e. The van der Waals surface area contributed by atoms with Crippen LogP contribution in [0.1, 0.15) is 45.4 Å². The molecule has 0 saturated carbocycles. The number of nitrogens with zero attached hydrogens (tertiary/aromatic N) is 2. The van der Waals surface area contributed by atoms with Crippen LogP contribution in [0.5, 0.6) is 0 Å². The van der Waals surface area contributed by atoms with E-state index in [0.29, 0.717) is 6.04 Å². The van der Waals surface area contributed by atoms with E-state index in [9.17, 15) is 0 Å². The van der Waals surface area contributed by atoms with Gasteiger partial charge in [0.2, 0.25) is 0 Å². The second-order valence-electron chi connectivity index (χ2n) is 4.37. The first kappa shape index (κ1) is 13.2. The largest absolute Gasteiger partial charge is 0.335 e. The number of hydrogen-bond acceptors (Lipinski definition) is 2. The lowest BCUT2D eigenvalue weighted by atomic mass is 10.1. The van der Waals surface area contributed by atoms with Crippen LogP contribution in [0.3, 0.4) is 0 Å². The molecular formula is C13H25N3. The summed E-state index contributed by atoms with van der Waals surface area (Å²) in [7, 11) is 0. The Hall–Kier alpha value is -0.830. The van der Waals surface area contributed by atoms with Gasteiger partial charge in [0, 0.05) is 25.0 Å². The van der Waals surface area contributed by atoms with Gasteiger partial charge in [0.25, 0.3) is 0 Å². The van der Waals surface area contributed by atoms with Crippen LogP contribution < -0.4 is 5.32 Å². The van der Waals surface area contributed by atoms with E-state index < -0.39 is 0 Å². The molecule has 1 atom stereocenters. The minimum atomic E-state index is 0.684. The van der Waals surface area contributed by atoms with E-state index in [1.54, 1.807) is 0 Å². The van der Waals surface area contributed by atoms with Gasteiger partial charge in [0.15, 0.2) is 0 Å². The Labute approximate surface area is 99.3 Å². The summed E-state index contributed by atoms with van der Waals surface area (Å²) >= 11 is 0. The molecule has 0 aliphatic rings. The average molecular weight is 223 g/mol. The molecule has 0 saturated heterocycles. The highest BCUT2D eigenvalue weighted by atomic mass is 15.0. The number of rotatable bonds is 8. The van der Waals surface area contributed by atoms with Gasteiger partial charge >= 0.3 is 0 Å². The van der Waals surface area contributed by atoms with Crippen molar-refractivity contribution >= 4 is 0 Å². The molecule has 0 aliphatic carbocycles. The predicted octanol–water partition coefficient (Wildman–Crippen LogP) is 2.75. The molecule has 0 fully saturated rings. The monoisotopic (exact) mass is 223 g/mol. The van der Waals surface area contributed by atoms with Crippen molar-refractivity contribution in [3.63, 3.8) is 0 Å². The number of aromatic nitrogens is 2. The van der Waals surface area contributed by atoms with E-state index in [1.165, 1.54) is 25.7 Å². The van der Waals surface area contributed by atoms with Gasteiger partial charge in [0.05, 0.1) is 0 Å². The summed E-state index contributed by atoms with van der Waals surface area (Å²) in [5.74, 6) is 1.12. The number of nitrogens with one attached hydrogen (secondary N) is 1. The first-order valence-corrected chi connectivity index (χ1v) is 6.49. The van der Waals surface area contributed by atoms with Gasteiger partial charge in [-0.05, 0) is 39.2 Å². The van der Waals surface area contributed by atoms with Gasteiger partial charge < -0.3 is 9.88 Å². The number of hydrogen-bond donors (Lipinski definition) is 1. The fourth-order valence-electron chi connectivity index (χ4n) is 1.95. The zero-order valence-corrected chi connectivity index (χ0v) is 10.9. The molecule has 0 bridgehead atoms. The van der Waals surface area contributed by atoms with Gasteiger partial charge in [-0.15, -0.1) is 0 Å². The molecule has 16 heavy (non-hydrogen) atoms. The van der Waals surface area contributed by atoms with E-state index in [4.69, 9.17) is 0 Å². The molecule has 0 spiro atoms. The maximum atomic E-state index is 4.23. The van der Waals surface area contributed by atoms with Gasteiger partial charge in [-0.3, -0.25) is 0 Å². The van der Waals surface area contributed by atoms with Crippen LogP contribution >= 0.6 is 0 Å². The third kappa shape index (κ3) is 4.35. The van der Waals surface area contributed by atoms with Crippen LogP contribution in [0, 0.1) is 6.92 Å². The summed E-state index contributed by atoms with van der Waals surface area (Å²) in [4.78, 5) is 4.23. The molecule has 1 N–H and O–H groups in total. The Morgan fingerprint density at radius 2 is 2.25 bits per heavy atom. The molecule has 1 unspecified atom stereocenters. The van der Waals surface area contributed by atoms with Crippen molar-refractivity contribution in [2.45, 2.75) is 59.0 Å².